The molecule has 0 aliphatic carbocycles. The Kier molecular flexibility index (Phi) is 5.24. The van der Waals surface area contributed by atoms with E-state index in [4.69, 9.17) is 10.00 Å². The van der Waals surface area contributed by atoms with Gasteiger partial charge in [0.2, 0.25) is 0 Å². The number of nitrogens with zero attached hydrogens (tertiary/aromatic N) is 1. The van der Waals surface area contributed by atoms with E-state index in [1.165, 1.54) is 12.1 Å². The zero-order valence-electron chi connectivity index (χ0n) is 10.6. The van der Waals surface area contributed by atoms with Crippen molar-refractivity contribution in [2.24, 2.45) is 0 Å². The van der Waals surface area contributed by atoms with Gasteiger partial charge < -0.3 is 9.47 Å². The molecule has 0 unspecified atom stereocenters. The van der Waals surface area contributed by atoms with Crippen molar-refractivity contribution in [3.8, 4) is 11.8 Å². The number of rotatable bonds is 5. The highest BCUT2D eigenvalue weighted by molar-refractivity contribution is 5.73. The zero-order valence-corrected chi connectivity index (χ0v) is 10.6. The topological polar surface area (TPSA) is 59.3 Å². The Balaban J connectivity index is 3.04. The molecule has 0 aromatic heterocycles. The number of ether oxygens (including phenoxy) is 2. The van der Waals surface area contributed by atoms with Crippen molar-refractivity contribution in [2.75, 3.05) is 6.61 Å². The van der Waals surface area contributed by atoms with Crippen molar-refractivity contribution in [1.29, 1.82) is 5.26 Å². The van der Waals surface area contributed by atoms with Crippen molar-refractivity contribution in [1.82, 2.24) is 0 Å². The Hall–Kier alpha value is -2.16. The monoisotopic (exact) mass is 269 g/mol. The Morgan fingerprint density at radius 1 is 1.47 bits per heavy atom. The first-order valence-electron chi connectivity index (χ1n) is 5.62. The van der Waals surface area contributed by atoms with E-state index >= 15 is 0 Å². The Bertz CT molecular complexity index is 509. The molecule has 4 nitrogen and oxygen atoms in total. The van der Waals surface area contributed by atoms with Crippen LogP contribution >= 0.6 is 0 Å². The molecule has 0 heterocycles. The summed E-state index contributed by atoms with van der Waals surface area (Å²) in [6.07, 6.45) is -0.0106. The van der Waals surface area contributed by atoms with E-state index in [1.807, 2.05) is 0 Å². The minimum absolute atomic E-state index is 0.00194. The first-order chi connectivity index (χ1) is 8.99. The lowest BCUT2D eigenvalue weighted by molar-refractivity contribution is -0.142. The van der Waals surface area contributed by atoms with Crippen molar-refractivity contribution in [3.05, 3.63) is 28.8 Å². The van der Waals surface area contributed by atoms with E-state index in [2.05, 4.69) is 4.74 Å². The van der Waals surface area contributed by atoms with Gasteiger partial charge in [-0.1, -0.05) is 6.07 Å². The van der Waals surface area contributed by atoms with Crippen LogP contribution in [0.3, 0.4) is 0 Å². The summed E-state index contributed by atoms with van der Waals surface area (Å²) < 4.78 is 33.4. The van der Waals surface area contributed by atoms with Gasteiger partial charge in [0.15, 0.2) is 0 Å². The van der Waals surface area contributed by atoms with Crippen LogP contribution in [0.1, 0.15) is 23.6 Å². The highest BCUT2D eigenvalue weighted by Crippen LogP contribution is 2.26. The van der Waals surface area contributed by atoms with Gasteiger partial charge in [-0.05, 0) is 31.0 Å². The molecule has 0 saturated carbocycles. The molecule has 0 aliphatic heterocycles. The molecule has 0 spiro atoms. The number of halogens is 2. The van der Waals surface area contributed by atoms with Crippen LogP contribution in [0.25, 0.3) is 0 Å². The molecule has 0 radical (unpaired) electrons. The summed E-state index contributed by atoms with van der Waals surface area (Å²) in [6.45, 7) is 0.522. The third kappa shape index (κ3) is 3.91. The maximum absolute atomic E-state index is 12.2. The van der Waals surface area contributed by atoms with E-state index < -0.39 is 12.6 Å². The van der Waals surface area contributed by atoms with Crippen LogP contribution < -0.4 is 4.74 Å². The summed E-state index contributed by atoms with van der Waals surface area (Å²) in [5, 5.41) is 8.98. The molecule has 1 rings (SSSR count). The molecule has 0 N–H and O–H groups in total. The second-order valence-corrected chi connectivity index (χ2v) is 3.69. The average molecular weight is 269 g/mol. The summed E-state index contributed by atoms with van der Waals surface area (Å²) >= 11 is 0. The van der Waals surface area contributed by atoms with Gasteiger partial charge in [-0.2, -0.15) is 14.0 Å². The average Bonchev–Trinajstić information content (AvgIpc) is 2.33. The lowest BCUT2D eigenvalue weighted by atomic mass is 10.00. The SMILES string of the molecule is CCOC(=O)Cc1ccc(OC(F)F)c(C#N)c1C. The molecule has 0 amide bonds. The van der Waals surface area contributed by atoms with Crippen LogP contribution in [0.5, 0.6) is 5.75 Å². The van der Waals surface area contributed by atoms with Crippen LogP contribution in [-0.4, -0.2) is 19.2 Å². The predicted molar refractivity (Wildman–Crippen MR) is 62.9 cm³/mol. The van der Waals surface area contributed by atoms with Gasteiger partial charge in [0.05, 0.1) is 18.6 Å². The zero-order chi connectivity index (χ0) is 14.4. The fourth-order valence-corrected chi connectivity index (χ4v) is 1.62. The van der Waals surface area contributed by atoms with Gasteiger partial charge in [-0.15, -0.1) is 0 Å². The first-order valence-corrected chi connectivity index (χ1v) is 5.62. The molecule has 0 aliphatic rings. The summed E-state index contributed by atoms with van der Waals surface area (Å²) in [5.41, 5.74) is 0.993. The minimum atomic E-state index is -3.00. The van der Waals surface area contributed by atoms with E-state index in [0.29, 0.717) is 11.1 Å². The fourth-order valence-electron chi connectivity index (χ4n) is 1.62. The minimum Gasteiger partial charge on any atom is -0.466 e. The van der Waals surface area contributed by atoms with Gasteiger partial charge >= 0.3 is 12.6 Å². The third-order valence-corrected chi connectivity index (χ3v) is 2.51. The highest BCUT2D eigenvalue weighted by Gasteiger charge is 2.16. The smallest absolute Gasteiger partial charge is 0.387 e. The van der Waals surface area contributed by atoms with Crippen LogP contribution in [0.4, 0.5) is 8.78 Å². The van der Waals surface area contributed by atoms with Crippen LogP contribution in [0.15, 0.2) is 12.1 Å². The number of carbonyl (C=O) groups excluding carboxylic acids is 1. The molecule has 102 valence electrons. The van der Waals surface area contributed by atoms with E-state index in [9.17, 15) is 13.6 Å². The normalized spacial score (nSPS) is 10.1. The Morgan fingerprint density at radius 2 is 2.16 bits per heavy atom. The van der Waals surface area contributed by atoms with Crippen molar-refractivity contribution in [2.45, 2.75) is 26.9 Å². The van der Waals surface area contributed by atoms with E-state index in [0.717, 1.165) is 0 Å². The molecule has 0 saturated heterocycles. The predicted octanol–water partition coefficient (Wildman–Crippen LogP) is 2.57. The largest absolute Gasteiger partial charge is 0.466 e. The second kappa shape index (κ2) is 6.69. The quantitative estimate of drug-likeness (QED) is 0.771. The first kappa shape index (κ1) is 14.9. The van der Waals surface area contributed by atoms with E-state index in [1.54, 1.807) is 19.9 Å². The highest BCUT2D eigenvalue weighted by atomic mass is 19.3. The van der Waals surface area contributed by atoms with Crippen molar-refractivity contribution in [3.63, 3.8) is 0 Å². The molecule has 0 bridgehead atoms. The number of hydrogen-bond donors (Lipinski definition) is 0. The number of benzene rings is 1. The summed E-state index contributed by atoms with van der Waals surface area (Å²) in [6, 6.07) is 4.54. The number of carbonyl (C=O) groups is 1. The third-order valence-electron chi connectivity index (χ3n) is 2.51. The van der Waals surface area contributed by atoms with Gasteiger partial charge in [0.1, 0.15) is 11.8 Å². The molecule has 0 atom stereocenters. The summed E-state index contributed by atoms with van der Waals surface area (Å²) in [7, 11) is 0. The number of alkyl halides is 2. The molecule has 6 heteroatoms. The Labute approximate surface area is 109 Å². The molecule has 1 aromatic rings. The van der Waals surface area contributed by atoms with Gasteiger partial charge in [0, 0.05) is 0 Å². The van der Waals surface area contributed by atoms with Crippen LogP contribution in [0.2, 0.25) is 0 Å². The molecule has 0 fully saturated rings. The van der Waals surface area contributed by atoms with Gasteiger partial charge in [0.25, 0.3) is 0 Å². The standard InChI is InChI=1S/C13H13F2NO3/c1-3-18-12(17)6-9-4-5-11(19-13(14)15)10(7-16)8(9)2/h4-5,13H,3,6H2,1-2H3. The fraction of sp³-hybridized carbons (Fsp3) is 0.385. The summed E-state index contributed by atoms with van der Waals surface area (Å²) in [5.74, 6) is -0.625. The van der Waals surface area contributed by atoms with E-state index in [-0.39, 0.29) is 24.3 Å². The second-order valence-electron chi connectivity index (χ2n) is 3.69. The molecular weight excluding hydrogens is 256 g/mol. The van der Waals surface area contributed by atoms with Crippen LogP contribution in [-0.2, 0) is 16.0 Å². The molecule has 1 aromatic carbocycles. The van der Waals surface area contributed by atoms with Gasteiger partial charge in [-0.25, -0.2) is 0 Å². The number of esters is 1. The lowest BCUT2D eigenvalue weighted by Gasteiger charge is -2.12. The Morgan fingerprint density at radius 3 is 2.68 bits per heavy atom. The summed E-state index contributed by atoms with van der Waals surface area (Å²) in [4.78, 5) is 11.4. The van der Waals surface area contributed by atoms with Gasteiger partial charge in [-0.3, -0.25) is 4.79 Å². The molecular formula is C13H13F2NO3. The van der Waals surface area contributed by atoms with Crippen molar-refractivity contribution >= 4 is 5.97 Å². The molecule has 19 heavy (non-hydrogen) atoms. The maximum Gasteiger partial charge on any atom is 0.387 e. The number of nitriles is 1. The van der Waals surface area contributed by atoms with Crippen LogP contribution in [0, 0.1) is 18.3 Å². The number of hydrogen-bond acceptors (Lipinski definition) is 4. The van der Waals surface area contributed by atoms with Crippen molar-refractivity contribution < 1.29 is 23.0 Å². The lowest BCUT2D eigenvalue weighted by Crippen LogP contribution is -2.10. The maximum atomic E-state index is 12.2.